The van der Waals surface area contributed by atoms with E-state index < -0.39 is 6.04 Å². The molecule has 1 aromatic carbocycles. The molecule has 1 aliphatic heterocycles. The molecule has 0 N–H and O–H groups in total. The summed E-state index contributed by atoms with van der Waals surface area (Å²) >= 11 is 0. The van der Waals surface area contributed by atoms with Gasteiger partial charge in [0.25, 0.3) is 5.91 Å². The molecule has 1 saturated heterocycles. The molecule has 1 aromatic rings. The molecular formula is C16H21NO4. The molecule has 0 saturated carbocycles. The number of likely N-dealkylation sites (tertiary alicyclic amines) is 1. The molecule has 5 nitrogen and oxygen atoms in total. The van der Waals surface area contributed by atoms with Gasteiger partial charge in [-0.05, 0) is 51.0 Å². The predicted molar refractivity (Wildman–Crippen MR) is 78.3 cm³/mol. The Morgan fingerprint density at radius 3 is 2.48 bits per heavy atom. The summed E-state index contributed by atoms with van der Waals surface area (Å²) in [5.74, 6) is 0.243. The first-order valence-electron chi connectivity index (χ1n) is 7.18. The molecule has 1 aliphatic rings. The van der Waals surface area contributed by atoms with E-state index in [1.54, 1.807) is 29.2 Å². The normalized spacial score (nSPS) is 17.9. The monoisotopic (exact) mass is 291 g/mol. The minimum atomic E-state index is -0.464. The summed E-state index contributed by atoms with van der Waals surface area (Å²) in [5.41, 5.74) is 0.557. The summed E-state index contributed by atoms with van der Waals surface area (Å²) in [5, 5.41) is 0. The fourth-order valence-electron chi connectivity index (χ4n) is 2.50. The molecule has 1 amide bonds. The van der Waals surface area contributed by atoms with Crippen molar-refractivity contribution in [2.24, 2.45) is 0 Å². The van der Waals surface area contributed by atoms with Gasteiger partial charge in [-0.2, -0.15) is 0 Å². The number of esters is 1. The summed E-state index contributed by atoms with van der Waals surface area (Å²) in [6.07, 6.45) is 1.57. The number of carbonyl (C=O) groups excluding carboxylic acids is 2. The van der Waals surface area contributed by atoms with E-state index in [2.05, 4.69) is 0 Å². The van der Waals surface area contributed by atoms with Gasteiger partial charge in [0.2, 0.25) is 0 Å². The molecule has 0 bridgehead atoms. The van der Waals surface area contributed by atoms with Crippen molar-refractivity contribution in [2.75, 3.05) is 13.7 Å². The van der Waals surface area contributed by atoms with Crippen LogP contribution >= 0.6 is 0 Å². The van der Waals surface area contributed by atoms with Crippen LogP contribution in [0.2, 0.25) is 0 Å². The Kier molecular flexibility index (Phi) is 4.83. The SMILES string of the molecule is COC(=O)C1CCCN1C(=O)c1ccc(OC(C)C)cc1. The van der Waals surface area contributed by atoms with E-state index in [9.17, 15) is 9.59 Å². The average Bonchev–Trinajstić information content (AvgIpc) is 2.95. The molecule has 0 aromatic heterocycles. The van der Waals surface area contributed by atoms with E-state index in [-0.39, 0.29) is 18.0 Å². The van der Waals surface area contributed by atoms with Gasteiger partial charge in [-0.1, -0.05) is 0 Å². The summed E-state index contributed by atoms with van der Waals surface area (Å²) in [6, 6.07) is 6.54. The maximum atomic E-state index is 12.5. The second-order valence-corrected chi connectivity index (χ2v) is 5.37. The van der Waals surface area contributed by atoms with Crippen LogP contribution in [0.25, 0.3) is 0 Å². The van der Waals surface area contributed by atoms with Gasteiger partial charge in [0.1, 0.15) is 11.8 Å². The highest BCUT2D eigenvalue weighted by atomic mass is 16.5. The molecule has 1 atom stereocenters. The van der Waals surface area contributed by atoms with Gasteiger partial charge in [-0.3, -0.25) is 4.79 Å². The number of amides is 1. The third kappa shape index (κ3) is 3.54. The van der Waals surface area contributed by atoms with E-state index in [1.165, 1.54) is 7.11 Å². The topological polar surface area (TPSA) is 55.8 Å². The zero-order valence-corrected chi connectivity index (χ0v) is 12.7. The Hall–Kier alpha value is -2.04. The standard InChI is InChI=1S/C16H21NO4/c1-11(2)21-13-8-6-12(7-9-13)15(18)17-10-4-5-14(17)16(19)20-3/h6-9,11,14H,4-5,10H2,1-3H3. The third-order valence-corrected chi connectivity index (χ3v) is 3.46. The largest absolute Gasteiger partial charge is 0.491 e. The smallest absolute Gasteiger partial charge is 0.328 e. The zero-order chi connectivity index (χ0) is 15.4. The lowest BCUT2D eigenvalue weighted by Gasteiger charge is -2.22. The van der Waals surface area contributed by atoms with Gasteiger partial charge in [0, 0.05) is 12.1 Å². The lowest BCUT2D eigenvalue weighted by Crippen LogP contribution is -2.41. The molecule has 0 spiro atoms. The van der Waals surface area contributed by atoms with Crippen LogP contribution in [-0.2, 0) is 9.53 Å². The van der Waals surface area contributed by atoms with E-state index >= 15 is 0 Å². The van der Waals surface area contributed by atoms with Crippen molar-refractivity contribution in [3.8, 4) is 5.75 Å². The fraction of sp³-hybridized carbons (Fsp3) is 0.500. The molecular weight excluding hydrogens is 270 g/mol. The Bertz CT molecular complexity index is 510. The maximum Gasteiger partial charge on any atom is 0.328 e. The molecule has 1 heterocycles. The van der Waals surface area contributed by atoms with E-state index in [4.69, 9.17) is 9.47 Å². The summed E-state index contributed by atoms with van der Waals surface area (Å²) in [4.78, 5) is 25.8. The van der Waals surface area contributed by atoms with Gasteiger partial charge in [-0.25, -0.2) is 4.79 Å². The Morgan fingerprint density at radius 1 is 1.24 bits per heavy atom. The van der Waals surface area contributed by atoms with Crippen LogP contribution in [0.4, 0.5) is 0 Å². The number of carbonyl (C=O) groups is 2. The first-order chi connectivity index (χ1) is 10.0. The van der Waals surface area contributed by atoms with Gasteiger partial charge >= 0.3 is 5.97 Å². The summed E-state index contributed by atoms with van der Waals surface area (Å²) in [7, 11) is 1.35. The fourth-order valence-corrected chi connectivity index (χ4v) is 2.50. The number of rotatable bonds is 4. The van der Waals surface area contributed by atoms with Crippen molar-refractivity contribution in [2.45, 2.75) is 38.8 Å². The van der Waals surface area contributed by atoms with Crippen LogP contribution in [0, 0.1) is 0 Å². The maximum absolute atomic E-state index is 12.5. The van der Waals surface area contributed by atoms with Crippen LogP contribution in [0.15, 0.2) is 24.3 Å². The van der Waals surface area contributed by atoms with Crippen molar-refractivity contribution < 1.29 is 19.1 Å². The van der Waals surface area contributed by atoms with E-state index in [1.807, 2.05) is 13.8 Å². The second-order valence-electron chi connectivity index (χ2n) is 5.37. The van der Waals surface area contributed by atoms with Crippen molar-refractivity contribution >= 4 is 11.9 Å². The van der Waals surface area contributed by atoms with Gasteiger partial charge in [-0.15, -0.1) is 0 Å². The van der Waals surface area contributed by atoms with E-state index in [0.29, 0.717) is 18.5 Å². The Morgan fingerprint density at radius 2 is 1.90 bits per heavy atom. The highest BCUT2D eigenvalue weighted by Crippen LogP contribution is 2.22. The van der Waals surface area contributed by atoms with Crippen molar-refractivity contribution in [1.82, 2.24) is 4.90 Å². The van der Waals surface area contributed by atoms with Crippen molar-refractivity contribution in [1.29, 1.82) is 0 Å². The lowest BCUT2D eigenvalue weighted by molar-refractivity contribution is -0.145. The van der Waals surface area contributed by atoms with E-state index in [0.717, 1.165) is 12.2 Å². The molecule has 0 aliphatic carbocycles. The van der Waals surface area contributed by atoms with Crippen LogP contribution in [0.5, 0.6) is 5.75 Å². The molecule has 21 heavy (non-hydrogen) atoms. The first kappa shape index (κ1) is 15.4. The molecule has 0 radical (unpaired) electrons. The van der Waals surface area contributed by atoms with Gasteiger partial charge in [0.05, 0.1) is 13.2 Å². The predicted octanol–water partition coefficient (Wildman–Crippen LogP) is 2.25. The van der Waals surface area contributed by atoms with Crippen LogP contribution in [0.3, 0.4) is 0 Å². The zero-order valence-electron chi connectivity index (χ0n) is 12.7. The second kappa shape index (κ2) is 6.61. The third-order valence-electron chi connectivity index (χ3n) is 3.46. The minimum absolute atomic E-state index is 0.0915. The lowest BCUT2D eigenvalue weighted by atomic mass is 10.1. The number of benzene rings is 1. The van der Waals surface area contributed by atoms with Gasteiger partial charge in [0.15, 0.2) is 0 Å². The number of nitrogens with zero attached hydrogens (tertiary/aromatic N) is 1. The van der Waals surface area contributed by atoms with Gasteiger partial charge < -0.3 is 14.4 Å². The number of hydrogen-bond acceptors (Lipinski definition) is 4. The molecule has 2 rings (SSSR count). The van der Waals surface area contributed by atoms with Crippen molar-refractivity contribution in [3.05, 3.63) is 29.8 Å². The van der Waals surface area contributed by atoms with Crippen LogP contribution in [0.1, 0.15) is 37.0 Å². The van der Waals surface area contributed by atoms with Crippen molar-refractivity contribution in [3.63, 3.8) is 0 Å². The first-order valence-corrected chi connectivity index (χ1v) is 7.18. The Balaban J connectivity index is 2.10. The highest BCUT2D eigenvalue weighted by molar-refractivity contribution is 5.97. The minimum Gasteiger partial charge on any atom is -0.491 e. The molecule has 1 fully saturated rings. The summed E-state index contributed by atoms with van der Waals surface area (Å²) < 4.78 is 10.3. The number of hydrogen-bond donors (Lipinski definition) is 0. The highest BCUT2D eigenvalue weighted by Gasteiger charge is 2.35. The summed E-state index contributed by atoms with van der Waals surface area (Å²) in [6.45, 7) is 4.48. The Labute approximate surface area is 124 Å². The number of ether oxygens (including phenoxy) is 2. The average molecular weight is 291 g/mol. The van der Waals surface area contributed by atoms with Crippen LogP contribution in [-0.4, -0.2) is 42.6 Å². The van der Waals surface area contributed by atoms with Crippen LogP contribution < -0.4 is 4.74 Å². The number of methoxy groups -OCH3 is 1. The molecule has 1 unspecified atom stereocenters. The molecule has 114 valence electrons. The molecule has 5 heteroatoms. The quantitative estimate of drug-likeness (QED) is 0.798.